The summed E-state index contributed by atoms with van der Waals surface area (Å²) in [6, 6.07) is 7.51. The SMILES string of the molecule is CNc1ccc(C(OC)OC)nc1.CNc1ccc(OC)nc1. The molecule has 0 amide bonds. The van der Waals surface area contributed by atoms with Crippen LogP contribution in [0.4, 0.5) is 11.4 Å². The van der Waals surface area contributed by atoms with Gasteiger partial charge in [-0.2, -0.15) is 0 Å². The molecule has 2 aromatic rings. The Kier molecular flexibility index (Phi) is 8.41. The molecule has 0 unspecified atom stereocenters. The van der Waals surface area contributed by atoms with Gasteiger partial charge in [0.1, 0.15) is 0 Å². The normalized spacial score (nSPS) is 9.83. The highest BCUT2D eigenvalue weighted by Gasteiger charge is 2.09. The molecule has 0 aliphatic heterocycles. The number of hydrogen-bond acceptors (Lipinski definition) is 7. The van der Waals surface area contributed by atoms with Crippen LogP contribution in [0, 0.1) is 0 Å². The number of anilines is 2. The van der Waals surface area contributed by atoms with Gasteiger partial charge in [-0.25, -0.2) is 4.98 Å². The van der Waals surface area contributed by atoms with Crippen LogP contribution >= 0.6 is 0 Å². The fraction of sp³-hybridized carbons (Fsp3) is 0.375. The van der Waals surface area contributed by atoms with E-state index in [9.17, 15) is 0 Å². The van der Waals surface area contributed by atoms with E-state index in [1.54, 1.807) is 33.7 Å². The second kappa shape index (κ2) is 10.4. The molecule has 0 saturated heterocycles. The maximum Gasteiger partial charge on any atom is 0.213 e. The van der Waals surface area contributed by atoms with E-state index in [1.165, 1.54) is 0 Å². The van der Waals surface area contributed by atoms with Gasteiger partial charge in [0.2, 0.25) is 12.2 Å². The first-order valence-corrected chi connectivity index (χ1v) is 7.05. The van der Waals surface area contributed by atoms with Gasteiger partial charge in [0, 0.05) is 34.4 Å². The van der Waals surface area contributed by atoms with Crippen molar-refractivity contribution >= 4 is 11.4 Å². The number of nitrogens with zero attached hydrogens (tertiary/aromatic N) is 2. The standard InChI is InChI=1S/C9H14N2O2.C7H10N2O/c1-10-7-4-5-8(11-6-7)9(12-2)13-3;1-8-6-3-4-7(10-2)9-5-6/h4-6,9-10H,1-3H3;3-5,8H,1-2H3. The average molecular weight is 320 g/mol. The lowest BCUT2D eigenvalue weighted by molar-refractivity contribution is -0.108. The van der Waals surface area contributed by atoms with Crippen LogP contribution in [0.25, 0.3) is 0 Å². The topological polar surface area (TPSA) is 77.5 Å². The predicted octanol–water partition coefficient (Wildman–Crippen LogP) is 2.55. The van der Waals surface area contributed by atoms with Gasteiger partial charge in [-0.1, -0.05) is 0 Å². The smallest absolute Gasteiger partial charge is 0.213 e. The molecule has 2 rings (SSSR count). The Morgan fingerprint density at radius 1 is 0.826 bits per heavy atom. The Hall–Kier alpha value is -2.38. The van der Waals surface area contributed by atoms with Crippen LogP contribution in [0.2, 0.25) is 0 Å². The minimum absolute atomic E-state index is 0.383. The van der Waals surface area contributed by atoms with Gasteiger partial charge in [0.25, 0.3) is 0 Å². The van der Waals surface area contributed by atoms with Crippen molar-refractivity contribution in [3.8, 4) is 5.88 Å². The Bertz CT molecular complexity index is 519. The molecular weight excluding hydrogens is 296 g/mol. The van der Waals surface area contributed by atoms with Crippen LogP contribution in [-0.4, -0.2) is 45.4 Å². The van der Waals surface area contributed by atoms with Gasteiger partial charge in [-0.15, -0.1) is 0 Å². The van der Waals surface area contributed by atoms with Gasteiger partial charge in [-0.05, 0) is 18.2 Å². The molecule has 0 aliphatic rings. The summed E-state index contributed by atoms with van der Waals surface area (Å²) in [5.41, 5.74) is 2.72. The van der Waals surface area contributed by atoms with Crippen molar-refractivity contribution in [2.24, 2.45) is 0 Å². The van der Waals surface area contributed by atoms with Crippen molar-refractivity contribution in [3.63, 3.8) is 0 Å². The molecule has 0 fully saturated rings. The van der Waals surface area contributed by atoms with Crippen LogP contribution in [0.15, 0.2) is 36.7 Å². The number of aromatic nitrogens is 2. The zero-order valence-electron chi connectivity index (χ0n) is 14.2. The van der Waals surface area contributed by atoms with Crippen LogP contribution in [0.5, 0.6) is 5.88 Å². The minimum atomic E-state index is -0.383. The largest absolute Gasteiger partial charge is 0.481 e. The number of rotatable bonds is 6. The fourth-order valence-corrected chi connectivity index (χ4v) is 1.68. The van der Waals surface area contributed by atoms with Crippen LogP contribution in [0.1, 0.15) is 12.0 Å². The van der Waals surface area contributed by atoms with Crippen molar-refractivity contribution in [2.75, 3.05) is 46.1 Å². The monoisotopic (exact) mass is 320 g/mol. The molecule has 0 spiro atoms. The van der Waals surface area contributed by atoms with E-state index in [0.717, 1.165) is 17.1 Å². The third-order valence-electron chi connectivity index (χ3n) is 2.98. The van der Waals surface area contributed by atoms with Gasteiger partial charge < -0.3 is 24.8 Å². The molecule has 0 saturated carbocycles. The third kappa shape index (κ3) is 6.09. The maximum atomic E-state index is 5.05. The fourth-order valence-electron chi connectivity index (χ4n) is 1.68. The summed E-state index contributed by atoms with van der Waals surface area (Å²) in [5.74, 6) is 0.638. The summed E-state index contributed by atoms with van der Waals surface area (Å²) in [6.45, 7) is 0. The van der Waals surface area contributed by atoms with E-state index in [2.05, 4.69) is 20.6 Å². The number of ether oxygens (including phenoxy) is 3. The molecule has 0 aromatic carbocycles. The van der Waals surface area contributed by atoms with Gasteiger partial charge in [0.05, 0.1) is 36.6 Å². The summed E-state index contributed by atoms with van der Waals surface area (Å²) < 4.78 is 15.0. The number of methoxy groups -OCH3 is 3. The summed E-state index contributed by atoms with van der Waals surface area (Å²) >= 11 is 0. The maximum absolute atomic E-state index is 5.05. The van der Waals surface area contributed by atoms with E-state index in [1.807, 2.05) is 38.4 Å². The average Bonchev–Trinajstić information content (AvgIpc) is 2.64. The van der Waals surface area contributed by atoms with Crippen molar-refractivity contribution in [1.82, 2.24) is 9.97 Å². The molecular formula is C16H24N4O3. The van der Waals surface area contributed by atoms with E-state index < -0.39 is 0 Å². The van der Waals surface area contributed by atoms with E-state index >= 15 is 0 Å². The molecule has 23 heavy (non-hydrogen) atoms. The molecule has 126 valence electrons. The Labute approximate surface area is 137 Å². The molecule has 0 radical (unpaired) electrons. The van der Waals surface area contributed by atoms with Gasteiger partial charge in [0.15, 0.2) is 0 Å². The first kappa shape index (κ1) is 18.7. The molecule has 2 heterocycles. The molecule has 2 aromatic heterocycles. The van der Waals surface area contributed by atoms with Crippen molar-refractivity contribution in [3.05, 3.63) is 42.4 Å². The summed E-state index contributed by atoms with van der Waals surface area (Å²) in [7, 11) is 8.47. The highest BCUT2D eigenvalue weighted by atomic mass is 16.7. The van der Waals surface area contributed by atoms with E-state index in [0.29, 0.717) is 5.88 Å². The Balaban J connectivity index is 0.000000238. The van der Waals surface area contributed by atoms with E-state index in [4.69, 9.17) is 14.2 Å². The Morgan fingerprint density at radius 2 is 1.39 bits per heavy atom. The lowest BCUT2D eigenvalue weighted by atomic mass is 10.3. The second-order valence-corrected chi connectivity index (χ2v) is 4.36. The third-order valence-corrected chi connectivity index (χ3v) is 2.98. The van der Waals surface area contributed by atoms with Crippen molar-refractivity contribution in [1.29, 1.82) is 0 Å². The molecule has 0 atom stereocenters. The van der Waals surface area contributed by atoms with E-state index in [-0.39, 0.29) is 6.29 Å². The number of pyridine rings is 2. The minimum Gasteiger partial charge on any atom is -0.481 e. The second-order valence-electron chi connectivity index (χ2n) is 4.36. The zero-order chi connectivity index (χ0) is 17.1. The predicted molar refractivity (Wildman–Crippen MR) is 90.9 cm³/mol. The highest BCUT2D eigenvalue weighted by Crippen LogP contribution is 2.15. The Morgan fingerprint density at radius 3 is 1.74 bits per heavy atom. The molecule has 0 bridgehead atoms. The first-order valence-electron chi connectivity index (χ1n) is 7.05. The lowest BCUT2D eigenvalue weighted by Crippen LogP contribution is -2.05. The molecule has 0 aliphatic carbocycles. The van der Waals surface area contributed by atoms with Gasteiger partial charge in [-0.3, -0.25) is 4.98 Å². The van der Waals surface area contributed by atoms with Crippen LogP contribution in [-0.2, 0) is 9.47 Å². The molecule has 2 N–H and O–H groups in total. The van der Waals surface area contributed by atoms with Gasteiger partial charge >= 0.3 is 0 Å². The summed E-state index contributed by atoms with van der Waals surface area (Å²) in [5, 5.41) is 5.95. The highest BCUT2D eigenvalue weighted by molar-refractivity contribution is 5.41. The first-order chi connectivity index (χ1) is 11.2. The number of hydrogen-bond donors (Lipinski definition) is 2. The summed E-state index contributed by atoms with van der Waals surface area (Å²) in [6.07, 6.45) is 3.07. The quantitative estimate of drug-likeness (QED) is 0.792. The van der Waals surface area contributed by atoms with Crippen molar-refractivity contribution < 1.29 is 14.2 Å². The molecule has 7 nitrogen and oxygen atoms in total. The number of nitrogens with one attached hydrogen (secondary N) is 2. The summed E-state index contributed by atoms with van der Waals surface area (Å²) in [4.78, 5) is 8.16. The lowest BCUT2D eigenvalue weighted by Gasteiger charge is -2.12. The zero-order valence-corrected chi connectivity index (χ0v) is 14.2. The molecule has 7 heteroatoms. The van der Waals surface area contributed by atoms with Crippen molar-refractivity contribution in [2.45, 2.75) is 6.29 Å². The van der Waals surface area contributed by atoms with Crippen LogP contribution < -0.4 is 15.4 Å². The van der Waals surface area contributed by atoms with Crippen LogP contribution in [0.3, 0.4) is 0 Å².